The normalized spacial score (nSPS) is 22.6. The summed E-state index contributed by atoms with van der Waals surface area (Å²) in [5.74, 6) is -0.241. The molecule has 3 rings (SSSR count). The van der Waals surface area contributed by atoms with Crippen LogP contribution in [0, 0.1) is 0 Å². The van der Waals surface area contributed by atoms with E-state index in [1.54, 1.807) is 6.07 Å². The maximum Gasteiger partial charge on any atom is 0.416 e. The van der Waals surface area contributed by atoms with E-state index in [0.717, 1.165) is 6.07 Å². The minimum absolute atomic E-state index is 0. The Bertz CT molecular complexity index is 631. The van der Waals surface area contributed by atoms with Gasteiger partial charge in [0.1, 0.15) is 6.10 Å². The first-order valence-electron chi connectivity index (χ1n) is 8.76. The lowest BCUT2D eigenvalue weighted by atomic mass is 9.73. The number of morpholine rings is 1. The third-order valence-corrected chi connectivity index (χ3v) is 5.07. The number of amides is 1. The van der Waals surface area contributed by atoms with Crippen LogP contribution >= 0.6 is 12.4 Å². The highest BCUT2D eigenvalue weighted by molar-refractivity contribution is 5.85. The minimum atomic E-state index is -4.40. The first kappa shape index (κ1) is 21.9. The van der Waals surface area contributed by atoms with E-state index < -0.39 is 23.3 Å². The van der Waals surface area contributed by atoms with E-state index in [1.165, 1.54) is 12.1 Å². The first-order chi connectivity index (χ1) is 12.4. The van der Waals surface area contributed by atoms with Gasteiger partial charge in [0.05, 0.1) is 12.2 Å². The fourth-order valence-electron chi connectivity index (χ4n) is 3.46. The monoisotopic (exact) mass is 408 g/mol. The minimum Gasteiger partial charge on any atom is -0.381 e. The van der Waals surface area contributed by atoms with Gasteiger partial charge >= 0.3 is 6.18 Å². The largest absolute Gasteiger partial charge is 0.416 e. The van der Waals surface area contributed by atoms with Crippen LogP contribution in [0.4, 0.5) is 13.2 Å². The zero-order valence-corrected chi connectivity index (χ0v) is 15.6. The molecule has 1 unspecified atom stereocenters. The Labute approximate surface area is 162 Å². The van der Waals surface area contributed by atoms with Crippen LogP contribution in [0.25, 0.3) is 0 Å². The Morgan fingerprint density at radius 1 is 1.26 bits per heavy atom. The molecule has 0 bridgehead atoms. The molecule has 5 nitrogen and oxygen atoms in total. The van der Waals surface area contributed by atoms with Crippen molar-refractivity contribution in [2.24, 2.45) is 0 Å². The van der Waals surface area contributed by atoms with Crippen molar-refractivity contribution in [1.82, 2.24) is 10.6 Å². The van der Waals surface area contributed by atoms with E-state index >= 15 is 0 Å². The van der Waals surface area contributed by atoms with Crippen LogP contribution in [-0.2, 0) is 25.9 Å². The number of hydrogen-bond acceptors (Lipinski definition) is 4. The lowest BCUT2D eigenvalue weighted by molar-refractivity contribution is -0.138. The molecule has 2 fully saturated rings. The SMILES string of the molecule is Cl.O=C(NCC1(c2cccc(C(F)(F)F)c2)CCOCC1)C1CNCCO1. The molecule has 1 amide bonds. The topological polar surface area (TPSA) is 59.6 Å². The zero-order valence-electron chi connectivity index (χ0n) is 14.8. The molecule has 2 N–H and O–H groups in total. The number of ether oxygens (including phenoxy) is 2. The number of nitrogens with one attached hydrogen (secondary N) is 2. The molecule has 0 spiro atoms. The fraction of sp³-hybridized carbons (Fsp3) is 0.611. The van der Waals surface area contributed by atoms with Crippen LogP contribution in [0.2, 0.25) is 0 Å². The molecule has 2 aliphatic heterocycles. The molecule has 2 aliphatic rings. The highest BCUT2D eigenvalue weighted by Crippen LogP contribution is 2.37. The Kier molecular flexibility index (Phi) is 7.50. The predicted molar refractivity (Wildman–Crippen MR) is 96.0 cm³/mol. The summed E-state index contributed by atoms with van der Waals surface area (Å²) in [6.45, 7) is 2.77. The van der Waals surface area contributed by atoms with E-state index in [0.29, 0.717) is 51.3 Å². The van der Waals surface area contributed by atoms with E-state index in [1.807, 2.05) is 0 Å². The highest BCUT2D eigenvalue weighted by Gasteiger charge is 2.38. The molecular weight excluding hydrogens is 385 g/mol. The van der Waals surface area contributed by atoms with E-state index in [4.69, 9.17) is 9.47 Å². The highest BCUT2D eigenvalue weighted by atomic mass is 35.5. The second kappa shape index (κ2) is 9.23. The molecule has 0 aromatic heterocycles. The summed E-state index contributed by atoms with van der Waals surface area (Å²) in [5, 5.41) is 5.97. The van der Waals surface area contributed by atoms with Gasteiger partial charge in [0, 0.05) is 38.3 Å². The third-order valence-electron chi connectivity index (χ3n) is 5.07. The maximum atomic E-state index is 13.1. The molecule has 0 radical (unpaired) electrons. The van der Waals surface area contributed by atoms with Crippen molar-refractivity contribution in [3.05, 3.63) is 35.4 Å². The van der Waals surface area contributed by atoms with Gasteiger partial charge in [0.2, 0.25) is 5.91 Å². The molecular formula is C18H24ClF3N2O3. The first-order valence-corrected chi connectivity index (χ1v) is 8.76. The maximum absolute atomic E-state index is 13.1. The molecule has 0 aliphatic carbocycles. The molecule has 1 aromatic rings. The van der Waals surface area contributed by atoms with Crippen LogP contribution in [0.1, 0.15) is 24.0 Å². The Balaban J connectivity index is 0.00000261. The van der Waals surface area contributed by atoms with Gasteiger partial charge < -0.3 is 20.1 Å². The number of hydrogen-bond donors (Lipinski definition) is 2. The van der Waals surface area contributed by atoms with Gasteiger partial charge in [-0.25, -0.2) is 0 Å². The number of rotatable bonds is 4. The number of carbonyl (C=O) groups is 1. The van der Waals surface area contributed by atoms with Gasteiger partial charge in [-0.05, 0) is 24.5 Å². The Morgan fingerprint density at radius 2 is 2.00 bits per heavy atom. The number of benzene rings is 1. The van der Waals surface area contributed by atoms with Crippen LogP contribution in [0.5, 0.6) is 0 Å². The lowest BCUT2D eigenvalue weighted by Crippen LogP contribution is -2.51. The number of alkyl halides is 3. The van der Waals surface area contributed by atoms with Gasteiger partial charge in [-0.3, -0.25) is 4.79 Å². The van der Waals surface area contributed by atoms with E-state index in [-0.39, 0.29) is 24.9 Å². The fourth-order valence-corrected chi connectivity index (χ4v) is 3.46. The van der Waals surface area contributed by atoms with Crippen molar-refractivity contribution in [2.45, 2.75) is 30.5 Å². The Hall–Kier alpha value is -1.35. The van der Waals surface area contributed by atoms with Crippen molar-refractivity contribution in [1.29, 1.82) is 0 Å². The van der Waals surface area contributed by atoms with Crippen molar-refractivity contribution in [3.8, 4) is 0 Å². The van der Waals surface area contributed by atoms with Gasteiger partial charge in [0.25, 0.3) is 0 Å². The zero-order chi connectivity index (χ0) is 18.6. The number of carbonyl (C=O) groups excluding carboxylic acids is 1. The van der Waals surface area contributed by atoms with E-state index in [9.17, 15) is 18.0 Å². The molecule has 2 saturated heterocycles. The standard InChI is InChI=1S/C18H23F3N2O3.ClH/c19-18(20,21)14-3-1-2-13(10-14)17(4-7-25-8-5-17)12-23-16(24)15-11-22-6-9-26-15;/h1-3,10,15,22H,4-9,11-12H2,(H,23,24);1H. The molecule has 152 valence electrons. The predicted octanol–water partition coefficient (Wildman–Crippen LogP) is 2.28. The lowest BCUT2D eigenvalue weighted by Gasteiger charge is -2.38. The van der Waals surface area contributed by atoms with Gasteiger partial charge in [0.15, 0.2) is 0 Å². The summed E-state index contributed by atoms with van der Waals surface area (Å²) in [6, 6.07) is 5.38. The molecule has 1 aromatic carbocycles. The number of halogens is 4. The summed E-state index contributed by atoms with van der Waals surface area (Å²) in [6.07, 6.45) is -3.86. The summed E-state index contributed by atoms with van der Waals surface area (Å²) >= 11 is 0. The van der Waals surface area contributed by atoms with Crippen LogP contribution in [0.3, 0.4) is 0 Å². The average molecular weight is 409 g/mol. The summed E-state index contributed by atoms with van der Waals surface area (Å²) in [5.41, 5.74) is -0.664. The van der Waals surface area contributed by atoms with Crippen molar-refractivity contribution in [3.63, 3.8) is 0 Å². The van der Waals surface area contributed by atoms with Crippen LogP contribution in [0.15, 0.2) is 24.3 Å². The third kappa shape index (κ3) is 5.34. The van der Waals surface area contributed by atoms with E-state index in [2.05, 4.69) is 10.6 Å². The van der Waals surface area contributed by atoms with Crippen molar-refractivity contribution >= 4 is 18.3 Å². The molecule has 27 heavy (non-hydrogen) atoms. The second-order valence-corrected chi connectivity index (χ2v) is 6.75. The second-order valence-electron chi connectivity index (χ2n) is 6.75. The van der Waals surface area contributed by atoms with Gasteiger partial charge in [-0.1, -0.05) is 18.2 Å². The van der Waals surface area contributed by atoms with Crippen LogP contribution in [-0.4, -0.2) is 51.5 Å². The quantitative estimate of drug-likeness (QED) is 0.802. The molecule has 2 heterocycles. The van der Waals surface area contributed by atoms with Gasteiger partial charge in [-0.15, -0.1) is 12.4 Å². The molecule has 0 saturated carbocycles. The van der Waals surface area contributed by atoms with Crippen molar-refractivity contribution < 1.29 is 27.4 Å². The average Bonchev–Trinajstić information content (AvgIpc) is 2.67. The molecule has 1 atom stereocenters. The summed E-state index contributed by atoms with van der Waals surface area (Å²) in [4.78, 5) is 12.4. The summed E-state index contributed by atoms with van der Waals surface area (Å²) < 4.78 is 50.1. The smallest absolute Gasteiger partial charge is 0.381 e. The van der Waals surface area contributed by atoms with Crippen molar-refractivity contribution in [2.75, 3.05) is 39.5 Å². The summed E-state index contributed by atoms with van der Waals surface area (Å²) in [7, 11) is 0. The van der Waals surface area contributed by atoms with Gasteiger partial charge in [-0.2, -0.15) is 13.2 Å². The van der Waals surface area contributed by atoms with Crippen LogP contribution < -0.4 is 10.6 Å². The Morgan fingerprint density at radius 3 is 2.63 bits per heavy atom. The molecule has 9 heteroatoms.